The summed E-state index contributed by atoms with van der Waals surface area (Å²) < 4.78 is 40.4. The van der Waals surface area contributed by atoms with Crippen LogP contribution in [0.5, 0.6) is 0 Å². The van der Waals surface area contributed by atoms with Gasteiger partial charge in [0, 0.05) is 15.8 Å². The summed E-state index contributed by atoms with van der Waals surface area (Å²) in [6.45, 7) is 0. The molecule has 3 N–H and O–H groups in total. The smallest absolute Gasteiger partial charge is 0.262 e. The molecule has 0 aromatic heterocycles. The van der Waals surface area contributed by atoms with Crippen molar-refractivity contribution in [2.75, 3.05) is 10.5 Å². The standard InChI is InChI=1S/C12H10BrFN2O2S/c13-8-2-1-3-11(4-8)16-19(17,18)12-6-9(14)5-10(15)7-12/h1-7,16H,15H2. The molecule has 0 aliphatic heterocycles. The SMILES string of the molecule is Nc1cc(F)cc(S(=O)(=O)Nc2cccc(Br)c2)c1. The summed E-state index contributed by atoms with van der Waals surface area (Å²) in [5.41, 5.74) is 5.86. The number of rotatable bonds is 3. The maximum absolute atomic E-state index is 13.2. The second-order valence-corrected chi connectivity index (χ2v) is 6.43. The van der Waals surface area contributed by atoms with Crippen LogP contribution in [0.4, 0.5) is 15.8 Å². The summed E-state index contributed by atoms with van der Waals surface area (Å²) in [6, 6.07) is 9.79. The normalized spacial score (nSPS) is 11.3. The highest BCUT2D eigenvalue weighted by Gasteiger charge is 2.16. The third kappa shape index (κ3) is 3.45. The maximum atomic E-state index is 13.2. The van der Waals surface area contributed by atoms with Crippen LogP contribution in [0, 0.1) is 5.82 Å². The Labute approximate surface area is 118 Å². The van der Waals surface area contributed by atoms with Crippen molar-refractivity contribution in [3.05, 3.63) is 52.8 Å². The van der Waals surface area contributed by atoms with Crippen LogP contribution in [0.1, 0.15) is 0 Å². The van der Waals surface area contributed by atoms with Crippen LogP contribution in [-0.4, -0.2) is 8.42 Å². The predicted octanol–water partition coefficient (Wildman–Crippen LogP) is 2.97. The number of sulfonamides is 1. The van der Waals surface area contributed by atoms with Crippen LogP contribution in [0.25, 0.3) is 0 Å². The topological polar surface area (TPSA) is 72.2 Å². The van der Waals surface area contributed by atoms with Crippen LogP contribution in [0.3, 0.4) is 0 Å². The highest BCUT2D eigenvalue weighted by atomic mass is 79.9. The molecule has 2 aromatic rings. The van der Waals surface area contributed by atoms with Crippen molar-refractivity contribution in [1.29, 1.82) is 0 Å². The van der Waals surface area contributed by atoms with E-state index in [2.05, 4.69) is 20.7 Å². The van der Waals surface area contributed by atoms with E-state index in [1.54, 1.807) is 24.3 Å². The second-order valence-electron chi connectivity index (χ2n) is 3.84. The minimum absolute atomic E-state index is 0.0506. The van der Waals surface area contributed by atoms with Crippen LogP contribution in [-0.2, 0) is 10.0 Å². The molecule has 0 atom stereocenters. The summed E-state index contributed by atoms with van der Waals surface area (Å²) in [5, 5.41) is 0. The van der Waals surface area contributed by atoms with E-state index < -0.39 is 15.8 Å². The van der Waals surface area contributed by atoms with E-state index in [-0.39, 0.29) is 10.6 Å². The van der Waals surface area contributed by atoms with Crippen molar-refractivity contribution in [2.24, 2.45) is 0 Å². The lowest BCUT2D eigenvalue weighted by Gasteiger charge is -2.09. The second kappa shape index (κ2) is 5.18. The Morgan fingerprint density at radius 2 is 1.89 bits per heavy atom. The number of hydrogen-bond acceptors (Lipinski definition) is 3. The molecule has 7 heteroatoms. The Morgan fingerprint density at radius 3 is 2.53 bits per heavy atom. The fraction of sp³-hybridized carbons (Fsp3) is 0. The zero-order valence-electron chi connectivity index (χ0n) is 9.60. The fourth-order valence-corrected chi connectivity index (χ4v) is 3.02. The Bertz CT molecular complexity index is 699. The molecule has 0 saturated heterocycles. The van der Waals surface area contributed by atoms with E-state index in [4.69, 9.17) is 5.73 Å². The van der Waals surface area contributed by atoms with E-state index in [1.807, 2.05) is 0 Å². The zero-order valence-corrected chi connectivity index (χ0v) is 12.0. The Kier molecular flexibility index (Phi) is 3.77. The van der Waals surface area contributed by atoms with Gasteiger partial charge in [-0.1, -0.05) is 22.0 Å². The molecule has 100 valence electrons. The lowest BCUT2D eigenvalue weighted by Crippen LogP contribution is -2.13. The maximum Gasteiger partial charge on any atom is 0.262 e. The van der Waals surface area contributed by atoms with Gasteiger partial charge in [0.25, 0.3) is 10.0 Å². The molecular formula is C12H10BrFN2O2S. The van der Waals surface area contributed by atoms with Crippen LogP contribution < -0.4 is 10.5 Å². The van der Waals surface area contributed by atoms with E-state index >= 15 is 0 Å². The molecule has 0 saturated carbocycles. The summed E-state index contributed by atoms with van der Waals surface area (Å²) in [5.74, 6) is -0.699. The van der Waals surface area contributed by atoms with Crippen molar-refractivity contribution in [2.45, 2.75) is 4.90 Å². The number of halogens is 2. The third-order valence-corrected chi connectivity index (χ3v) is 4.13. The predicted molar refractivity (Wildman–Crippen MR) is 75.8 cm³/mol. The van der Waals surface area contributed by atoms with Gasteiger partial charge in [-0.05, 0) is 36.4 Å². The number of nitrogen functional groups attached to an aromatic ring is 1. The van der Waals surface area contributed by atoms with Crippen LogP contribution >= 0.6 is 15.9 Å². The van der Waals surface area contributed by atoms with Gasteiger partial charge in [0.2, 0.25) is 0 Å². The molecule has 0 spiro atoms. The van der Waals surface area contributed by atoms with E-state index in [1.165, 1.54) is 6.07 Å². The van der Waals surface area contributed by atoms with Gasteiger partial charge in [0.05, 0.1) is 4.90 Å². The molecule has 0 aliphatic rings. The van der Waals surface area contributed by atoms with Crippen molar-refractivity contribution in [3.8, 4) is 0 Å². The van der Waals surface area contributed by atoms with Crippen LogP contribution in [0.15, 0.2) is 51.8 Å². The molecule has 0 aliphatic carbocycles. The lowest BCUT2D eigenvalue weighted by atomic mass is 10.3. The van der Waals surface area contributed by atoms with Crippen LogP contribution in [0.2, 0.25) is 0 Å². The number of hydrogen-bond donors (Lipinski definition) is 2. The summed E-state index contributed by atoms with van der Waals surface area (Å²) in [7, 11) is -3.87. The molecule has 2 rings (SSSR count). The number of nitrogens with two attached hydrogens (primary N) is 1. The fourth-order valence-electron chi connectivity index (χ4n) is 1.51. The number of anilines is 2. The number of nitrogens with one attached hydrogen (secondary N) is 1. The average molecular weight is 345 g/mol. The largest absolute Gasteiger partial charge is 0.399 e. The Hall–Kier alpha value is -1.60. The van der Waals surface area contributed by atoms with Gasteiger partial charge in [-0.2, -0.15) is 0 Å². The quantitative estimate of drug-likeness (QED) is 0.840. The van der Waals surface area contributed by atoms with Gasteiger partial charge < -0.3 is 5.73 Å². The minimum Gasteiger partial charge on any atom is -0.399 e. The molecule has 0 fully saturated rings. The van der Waals surface area contributed by atoms with E-state index in [9.17, 15) is 12.8 Å². The molecule has 4 nitrogen and oxygen atoms in total. The van der Waals surface area contributed by atoms with E-state index in [0.29, 0.717) is 5.69 Å². The first-order valence-corrected chi connectivity index (χ1v) is 7.49. The average Bonchev–Trinajstić information content (AvgIpc) is 2.26. The third-order valence-electron chi connectivity index (χ3n) is 2.28. The number of benzene rings is 2. The van der Waals surface area contributed by atoms with Gasteiger partial charge in [0.1, 0.15) is 5.82 Å². The molecular weight excluding hydrogens is 335 g/mol. The first-order valence-electron chi connectivity index (χ1n) is 5.21. The van der Waals surface area contributed by atoms with Gasteiger partial charge >= 0.3 is 0 Å². The summed E-state index contributed by atoms with van der Waals surface area (Å²) in [6.07, 6.45) is 0. The highest BCUT2D eigenvalue weighted by molar-refractivity contribution is 9.10. The highest BCUT2D eigenvalue weighted by Crippen LogP contribution is 2.21. The molecule has 19 heavy (non-hydrogen) atoms. The summed E-state index contributed by atoms with van der Waals surface area (Å²) >= 11 is 3.23. The molecule has 0 unspecified atom stereocenters. The monoisotopic (exact) mass is 344 g/mol. The van der Waals surface area contributed by atoms with Crippen molar-refractivity contribution in [3.63, 3.8) is 0 Å². The molecule has 0 heterocycles. The molecule has 0 bridgehead atoms. The molecule has 0 amide bonds. The molecule has 2 aromatic carbocycles. The Balaban J connectivity index is 2.37. The molecule has 0 radical (unpaired) electrons. The van der Waals surface area contributed by atoms with Crippen molar-refractivity contribution in [1.82, 2.24) is 0 Å². The minimum atomic E-state index is -3.87. The van der Waals surface area contributed by atoms with Gasteiger partial charge in [-0.15, -0.1) is 0 Å². The van der Waals surface area contributed by atoms with Gasteiger partial charge in [0.15, 0.2) is 0 Å². The first kappa shape index (κ1) is 13.8. The first-order chi connectivity index (χ1) is 8.87. The van der Waals surface area contributed by atoms with Gasteiger partial charge in [-0.25, -0.2) is 12.8 Å². The van der Waals surface area contributed by atoms with Crippen molar-refractivity contribution >= 4 is 37.3 Å². The Morgan fingerprint density at radius 1 is 1.16 bits per heavy atom. The lowest BCUT2D eigenvalue weighted by molar-refractivity contribution is 0.595. The zero-order chi connectivity index (χ0) is 14.0. The van der Waals surface area contributed by atoms with Gasteiger partial charge in [-0.3, -0.25) is 4.72 Å². The van der Waals surface area contributed by atoms with E-state index in [0.717, 1.165) is 16.6 Å². The van der Waals surface area contributed by atoms with Crippen molar-refractivity contribution < 1.29 is 12.8 Å². The summed E-state index contributed by atoms with van der Waals surface area (Å²) in [4.78, 5) is -0.218.